The van der Waals surface area contributed by atoms with Gasteiger partial charge >= 0.3 is 0 Å². The van der Waals surface area contributed by atoms with Gasteiger partial charge in [0.2, 0.25) is 0 Å². The Morgan fingerprint density at radius 2 is 1.89 bits per heavy atom. The van der Waals surface area contributed by atoms with E-state index in [1.165, 1.54) is 32.1 Å². The van der Waals surface area contributed by atoms with E-state index in [9.17, 15) is 0 Å². The van der Waals surface area contributed by atoms with Crippen LogP contribution in [-0.2, 0) is 0 Å². The van der Waals surface area contributed by atoms with Gasteiger partial charge in [-0.3, -0.25) is 0 Å². The van der Waals surface area contributed by atoms with Crippen molar-refractivity contribution in [3.8, 4) is 5.75 Å². The summed E-state index contributed by atoms with van der Waals surface area (Å²) in [6.07, 6.45) is 6.46. The maximum Gasteiger partial charge on any atom is 0.137 e. The first-order valence-electron chi connectivity index (χ1n) is 6.65. The molecule has 106 valence electrons. The Morgan fingerprint density at radius 3 is 2.47 bits per heavy atom. The molecule has 0 spiro atoms. The predicted molar refractivity (Wildman–Crippen MR) is 88.6 cm³/mol. The molecule has 1 aliphatic carbocycles. The van der Waals surface area contributed by atoms with Gasteiger partial charge in [0.1, 0.15) is 5.75 Å². The highest BCUT2D eigenvalue weighted by atomic mass is 79.9. The fourth-order valence-corrected chi connectivity index (χ4v) is 4.77. The number of rotatable bonds is 3. The van der Waals surface area contributed by atoms with Gasteiger partial charge in [-0.25, -0.2) is 0 Å². The minimum absolute atomic E-state index is 0.269. The summed E-state index contributed by atoms with van der Waals surface area (Å²) in [7, 11) is 1.71. The molecule has 2 rings (SSSR count). The quantitative estimate of drug-likeness (QED) is 0.516. The standard InChI is InChI=1S/C15H19Br2ClO/c1-15(6-4-3-5-7-15)14(17)11-8-10(18)9-12(16)13(11)19-2/h8-9,14H,3-7H2,1-2H3. The van der Waals surface area contributed by atoms with Crippen LogP contribution in [-0.4, -0.2) is 7.11 Å². The minimum Gasteiger partial charge on any atom is -0.495 e. The Morgan fingerprint density at radius 1 is 1.26 bits per heavy atom. The lowest BCUT2D eigenvalue weighted by molar-refractivity contribution is 0.210. The van der Waals surface area contributed by atoms with Gasteiger partial charge in [0, 0.05) is 15.4 Å². The normalized spacial score (nSPS) is 20.1. The van der Waals surface area contributed by atoms with E-state index >= 15 is 0 Å². The Labute approximate surface area is 137 Å². The fraction of sp³-hybridized carbons (Fsp3) is 0.600. The summed E-state index contributed by atoms with van der Waals surface area (Å²) >= 11 is 13.6. The Hall–Kier alpha value is 0.270. The topological polar surface area (TPSA) is 9.23 Å². The average molecular weight is 411 g/mol. The molecule has 0 amide bonds. The lowest BCUT2D eigenvalue weighted by Gasteiger charge is -2.38. The van der Waals surface area contributed by atoms with Gasteiger partial charge < -0.3 is 4.74 Å². The second-order valence-corrected chi connectivity index (χ2v) is 7.79. The van der Waals surface area contributed by atoms with E-state index in [4.69, 9.17) is 16.3 Å². The molecule has 0 bridgehead atoms. The summed E-state index contributed by atoms with van der Waals surface area (Å²) < 4.78 is 6.47. The maximum absolute atomic E-state index is 6.20. The molecule has 1 nitrogen and oxygen atoms in total. The largest absolute Gasteiger partial charge is 0.495 e. The molecule has 1 aromatic rings. The van der Waals surface area contributed by atoms with Crippen molar-refractivity contribution in [2.75, 3.05) is 7.11 Å². The van der Waals surface area contributed by atoms with Gasteiger partial charge in [0.25, 0.3) is 0 Å². The van der Waals surface area contributed by atoms with E-state index in [-0.39, 0.29) is 10.2 Å². The first kappa shape index (κ1) is 15.7. The van der Waals surface area contributed by atoms with Crippen LogP contribution in [0.3, 0.4) is 0 Å². The fourth-order valence-electron chi connectivity index (χ4n) is 2.97. The molecule has 0 N–H and O–H groups in total. The Balaban J connectivity index is 2.39. The molecule has 0 aromatic heterocycles. The van der Waals surface area contributed by atoms with Gasteiger partial charge in [0.15, 0.2) is 0 Å². The molecule has 1 aliphatic rings. The summed E-state index contributed by atoms with van der Waals surface area (Å²) in [6, 6.07) is 3.90. The molecular formula is C15H19Br2ClO. The second-order valence-electron chi connectivity index (χ2n) is 5.59. The molecule has 1 atom stereocenters. The van der Waals surface area contributed by atoms with E-state index < -0.39 is 0 Å². The summed E-state index contributed by atoms with van der Waals surface area (Å²) in [5.41, 5.74) is 1.42. The number of methoxy groups -OCH3 is 1. The van der Waals surface area contributed by atoms with Crippen LogP contribution in [0.2, 0.25) is 5.02 Å². The van der Waals surface area contributed by atoms with E-state index in [1.54, 1.807) is 7.11 Å². The van der Waals surface area contributed by atoms with Gasteiger partial charge in [-0.15, -0.1) is 0 Å². The molecule has 0 heterocycles. The van der Waals surface area contributed by atoms with Crippen LogP contribution in [0.15, 0.2) is 16.6 Å². The predicted octanol–water partition coefficient (Wildman–Crippen LogP) is 6.52. The lowest BCUT2D eigenvalue weighted by Crippen LogP contribution is -2.25. The van der Waals surface area contributed by atoms with E-state index in [0.717, 1.165) is 20.8 Å². The molecule has 1 saturated carbocycles. The number of halogens is 3. The SMILES string of the molecule is COc1c(Br)cc(Cl)cc1C(Br)C1(C)CCCCC1. The highest BCUT2D eigenvalue weighted by Gasteiger charge is 2.36. The Bertz CT molecular complexity index is 456. The van der Waals surface area contributed by atoms with Crippen molar-refractivity contribution in [3.05, 3.63) is 27.2 Å². The molecule has 1 fully saturated rings. The molecule has 0 radical (unpaired) electrons. The van der Waals surface area contributed by atoms with Crippen LogP contribution in [0.1, 0.15) is 49.4 Å². The van der Waals surface area contributed by atoms with Crippen LogP contribution in [0.5, 0.6) is 5.75 Å². The van der Waals surface area contributed by atoms with Crippen LogP contribution < -0.4 is 4.74 Å². The van der Waals surface area contributed by atoms with Gasteiger partial charge in [-0.1, -0.05) is 53.7 Å². The molecule has 1 aromatic carbocycles. The van der Waals surface area contributed by atoms with Gasteiger partial charge in [0.05, 0.1) is 11.6 Å². The highest BCUT2D eigenvalue weighted by Crippen LogP contribution is 2.53. The average Bonchev–Trinajstić information content (AvgIpc) is 2.38. The van der Waals surface area contributed by atoms with Crippen molar-refractivity contribution in [2.45, 2.75) is 43.9 Å². The second kappa shape index (κ2) is 6.36. The third-order valence-corrected chi connectivity index (χ3v) is 6.53. The summed E-state index contributed by atoms with van der Waals surface area (Å²) in [4.78, 5) is 0.269. The zero-order valence-electron chi connectivity index (χ0n) is 11.3. The molecule has 0 aliphatic heterocycles. The molecule has 19 heavy (non-hydrogen) atoms. The van der Waals surface area contributed by atoms with E-state index in [1.807, 2.05) is 12.1 Å². The van der Waals surface area contributed by atoms with Crippen LogP contribution in [0.25, 0.3) is 0 Å². The number of hydrogen-bond acceptors (Lipinski definition) is 1. The van der Waals surface area contributed by atoms with Crippen molar-refractivity contribution >= 4 is 43.5 Å². The van der Waals surface area contributed by atoms with Crippen molar-refractivity contribution < 1.29 is 4.74 Å². The van der Waals surface area contributed by atoms with Gasteiger partial charge in [-0.05, 0) is 46.3 Å². The van der Waals surface area contributed by atoms with Crippen molar-refractivity contribution in [1.29, 1.82) is 0 Å². The first-order chi connectivity index (χ1) is 8.98. The molecule has 4 heteroatoms. The third-order valence-electron chi connectivity index (χ3n) is 4.12. The van der Waals surface area contributed by atoms with Crippen LogP contribution in [0.4, 0.5) is 0 Å². The number of hydrogen-bond donors (Lipinski definition) is 0. The van der Waals surface area contributed by atoms with E-state index in [2.05, 4.69) is 38.8 Å². The van der Waals surface area contributed by atoms with E-state index in [0.29, 0.717) is 0 Å². The maximum atomic E-state index is 6.20. The molecular weight excluding hydrogens is 391 g/mol. The lowest BCUT2D eigenvalue weighted by atomic mass is 9.72. The van der Waals surface area contributed by atoms with Crippen molar-refractivity contribution in [1.82, 2.24) is 0 Å². The summed E-state index contributed by atoms with van der Waals surface area (Å²) in [5.74, 6) is 0.887. The number of benzene rings is 1. The van der Waals surface area contributed by atoms with Crippen LogP contribution >= 0.6 is 43.5 Å². The van der Waals surface area contributed by atoms with Crippen molar-refractivity contribution in [2.24, 2.45) is 5.41 Å². The van der Waals surface area contributed by atoms with Gasteiger partial charge in [-0.2, -0.15) is 0 Å². The number of ether oxygens (including phenoxy) is 1. The van der Waals surface area contributed by atoms with Crippen LogP contribution in [0, 0.1) is 5.41 Å². The molecule has 0 saturated heterocycles. The Kier molecular flexibility index (Phi) is 5.24. The number of alkyl halides is 1. The zero-order chi connectivity index (χ0) is 14.0. The monoisotopic (exact) mass is 408 g/mol. The summed E-state index contributed by atoms with van der Waals surface area (Å²) in [5, 5.41) is 0.742. The molecule has 1 unspecified atom stereocenters. The summed E-state index contributed by atoms with van der Waals surface area (Å²) in [6.45, 7) is 2.36. The minimum atomic E-state index is 0.269. The third kappa shape index (κ3) is 3.30. The first-order valence-corrected chi connectivity index (χ1v) is 8.73. The smallest absolute Gasteiger partial charge is 0.137 e. The zero-order valence-corrected chi connectivity index (χ0v) is 15.2. The van der Waals surface area contributed by atoms with Crippen molar-refractivity contribution in [3.63, 3.8) is 0 Å². The highest BCUT2D eigenvalue weighted by molar-refractivity contribution is 9.10.